The fourth-order valence-electron chi connectivity index (χ4n) is 3.05. The van der Waals surface area contributed by atoms with Gasteiger partial charge in [-0.1, -0.05) is 6.07 Å². The summed E-state index contributed by atoms with van der Waals surface area (Å²) in [5.41, 5.74) is 2.46. The van der Waals surface area contributed by atoms with E-state index in [1.165, 1.54) is 44.6 Å². The van der Waals surface area contributed by atoms with Gasteiger partial charge < -0.3 is 0 Å². The van der Waals surface area contributed by atoms with E-state index in [0.717, 1.165) is 18.3 Å². The summed E-state index contributed by atoms with van der Waals surface area (Å²) in [6, 6.07) is 5.15. The average molecular weight is 231 g/mol. The molecule has 0 aromatic carbocycles. The third-order valence-electron chi connectivity index (χ3n) is 4.05. The normalized spacial score (nSPS) is 26.1. The summed E-state index contributed by atoms with van der Waals surface area (Å²) in [6.45, 7) is 8.14. The van der Waals surface area contributed by atoms with Crippen molar-refractivity contribution in [2.45, 2.75) is 32.4 Å². The monoisotopic (exact) mass is 231 g/mol. The SMILES string of the molecule is Cc1ccc(CN2CCN3CCCC3C2)cn1. The van der Waals surface area contributed by atoms with Gasteiger partial charge in [0.1, 0.15) is 0 Å². The fourth-order valence-corrected chi connectivity index (χ4v) is 3.05. The minimum absolute atomic E-state index is 0.821. The summed E-state index contributed by atoms with van der Waals surface area (Å²) in [6.07, 6.45) is 4.81. The topological polar surface area (TPSA) is 19.4 Å². The molecule has 0 saturated carbocycles. The van der Waals surface area contributed by atoms with Gasteiger partial charge >= 0.3 is 0 Å². The Morgan fingerprint density at radius 1 is 1.29 bits per heavy atom. The molecular weight excluding hydrogens is 210 g/mol. The van der Waals surface area contributed by atoms with Crippen molar-refractivity contribution < 1.29 is 0 Å². The third kappa shape index (κ3) is 2.50. The maximum Gasteiger partial charge on any atom is 0.0372 e. The van der Waals surface area contributed by atoms with E-state index in [-0.39, 0.29) is 0 Å². The van der Waals surface area contributed by atoms with Gasteiger partial charge in [-0.15, -0.1) is 0 Å². The Morgan fingerprint density at radius 2 is 2.24 bits per heavy atom. The van der Waals surface area contributed by atoms with Crippen LogP contribution < -0.4 is 0 Å². The summed E-state index contributed by atoms with van der Waals surface area (Å²) < 4.78 is 0. The molecule has 2 aliphatic heterocycles. The number of hydrogen-bond donors (Lipinski definition) is 0. The Bertz CT molecular complexity index is 374. The van der Waals surface area contributed by atoms with Crippen molar-refractivity contribution in [3.05, 3.63) is 29.6 Å². The van der Waals surface area contributed by atoms with E-state index >= 15 is 0 Å². The highest BCUT2D eigenvalue weighted by atomic mass is 15.3. The van der Waals surface area contributed by atoms with Crippen molar-refractivity contribution in [1.82, 2.24) is 14.8 Å². The Morgan fingerprint density at radius 3 is 3.06 bits per heavy atom. The molecule has 1 unspecified atom stereocenters. The van der Waals surface area contributed by atoms with Gasteiger partial charge in [-0.2, -0.15) is 0 Å². The van der Waals surface area contributed by atoms with Crippen LogP contribution >= 0.6 is 0 Å². The largest absolute Gasteiger partial charge is 0.298 e. The zero-order valence-electron chi connectivity index (χ0n) is 10.6. The van der Waals surface area contributed by atoms with E-state index in [1.807, 2.05) is 13.1 Å². The molecule has 0 N–H and O–H groups in total. The Kier molecular flexibility index (Phi) is 3.12. The van der Waals surface area contributed by atoms with Gasteiger partial charge in [0.25, 0.3) is 0 Å². The van der Waals surface area contributed by atoms with E-state index in [4.69, 9.17) is 0 Å². The van der Waals surface area contributed by atoms with Crippen LogP contribution in [0.1, 0.15) is 24.1 Å². The van der Waals surface area contributed by atoms with E-state index in [2.05, 4.69) is 26.9 Å². The molecule has 0 radical (unpaired) electrons. The molecule has 0 spiro atoms. The fraction of sp³-hybridized carbons (Fsp3) is 0.643. The average Bonchev–Trinajstić information content (AvgIpc) is 2.79. The van der Waals surface area contributed by atoms with Crippen LogP contribution in [0.25, 0.3) is 0 Å². The molecule has 3 nitrogen and oxygen atoms in total. The molecule has 0 bridgehead atoms. The highest BCUT2D eigenvalue weighted by molar-refractivity contribution is 5.13. The molecular formula is C14H21N3. The molecule has 3 heteroatoms. The lowest BCUT2D eigenvalue weighted by Crippen LogP contribution is -2.49. The molecule has 0 aliphatic carbocycles. The Labute approximate surface area is 103 Å². The lowest BCUT2D eigenvalue weighted by Gasteiger charge is -2.37. The van der Waals surface area contributed by atoms with E-state index < -0.39 is 0 Å². The van der Waals surface area contributed by atoms with Gasteiger partial charge in [-0.3, -0.25) is 14.8 Å². The van der Waals surface area contributed by atoms with Crippen molar-refractivity contribution in [1.29, 1.82) is 0 Å². The van der Waals surface area contributed by atoms with Gasteiger partial charge in [-0.25, -0.2) is 0 Å². The maximum absolute atomic E-state index is 4.37. The first-order valence-corrected chi connectivity index (χ1v) is 6.69. The van der Waals surface area contributed by atoms with Gasteiger partial charge in [0.05, 0.1) is 0 Å². The standard InChI is InChI=1S/C14H21N3/c1-12-4-5-13(9-15-12)10-16-7-8-17-6-2-3-14(17)11-16/h4-5,9,14H,2-3,6-8,10-11H2,1H3. The van der Waals surface area contributed by atoms with Crippen LogP contribution in [0.15, 0.2) is 18.3 Å². The minimum atomic E-state index is 0.821. The van der Waals surface area contributed by atoms with Crippen LogP contribution in [-0.2, 0) is 6.54 Å². The number of aromatic nitrogens is 1. The van der Waals surface area contributed by atoms with Crippen molar-refractivity contribution >= 4 is 0 Å². The number of rotatable bonds is 2. The molecule has 1 aromatic heterocycles. The molecule has 92 valence electrons. The molecule has 2 saturated heterocycles. The van der Waals surface area contributed by atoms with E-state index in [1.54, 1.807) is 0 Å². The molecule has 17 heavy (non-hydrogen) atoms. The number of nitrogens with zero attached hydrogens (tertiary/aromatic N) is 3. The van der Waals surface area contributed by atoms with Crippen LogP contribution in [0, 0.1) is 6.92 Å². The lowest BCUT2D eigenvalue weighted by atomic mass is 10.1. The van der Waals surface area contributed by atoms with Crippen molar-refractivity contribution in [2.24, 2.45) is 0 Å². The second-order valence-electron chi connectivity index (χ2n) is 5.37. The van der Waals surface area contributed by atoms with Crippen molar-refractivity contribution in [2.75, 3.05) is 26.2 Å². The quantitative estimate of drug-likeness (QED) is 0.772. The van der Waals surface area contributed by atoms with Gasteiger partial charge in [0.2, 0.25) is 0 Å². The van der Waals surface area contributed by atoms with Gasteiger partial charge in [-0.05, 0) is 37.9 Å². The number of aryl methyl sites for hydroxylation is 1. The number of fused-ring (bicyclic) bond motifs is 1. The molecule has 3 rings (SSSR count). The number of hydrogen-bond acceptors (Lipinski definition) is 3. The highest BCUT2D eigenvalue weighted by Crippen LogP contribution is 2.22. The molecule has 3 heterocycles. The second kappa shape index (κ2) is 4.75. The second-order valence-corrected chi connectivity index (χ2v) is 5.37. The van der Waals surface area contributed by atoms with E-state index in [0.29, 0.717) is 0 Å². The zero-order valence-corrected chi connectivity index (χ0v) is 10.6. The van der Waals surface area contributed by atoms with Crippen LogP contribution in [-0.4, -0.2) is 47.0 Å². The summed E-state index contributed by atoms with van der Waals surface area (Å²) in [5, 5.41) is 0. The minimum Gasteiger partial charge on any atom is -0.298 e. The Hall–Kier alpha value is -0.930. The predicted octanol–water partition coefficient (Wildman–Crippen LogP) is 1.67. The predicted molar refractivity (Wildman–Crippen MR) is 68.8 cm³/mol. The maximum atomic E-state index is 4.37. The van der Waals surface area contributed by atoms with Gasteiger partial charge in [0.15, 0.2) is 0 Å². The third-order valence-corrected chi connectivity index (χ3v) is 4.05. The first-order chi connectivity index (χ1) is 8.31. The van der Waals surface area contributed by atoms with Gasteiger partial charge in [0, 0.05) is 44.1 Å². The molecule has 2 fully saturated rings. The summed E-state index contributed by atoms with van der Waals surface area (Å²) >= 11 is 0. The smallest absolute Gasteiger partial charge is 0.0372 e. The lowest BCUT2D eigenvalue weighted by molar-refractivity contribution is 0.0993. The van der Waals surface area contributed by atoms with E-state index in [9.17, 15) is 0 Å². The van der Waals surface area contributed by atoms with Crippen LogP contribution in [0.2, 0.25) is 0 Å². The van der Waals surface area contributed by atoms with Crippen LogP contribution in [0.4, 0.5) is 0 Å². The molecule has 0 amide bonds. The van der Waals surface area contributed by atoms with Crippen LogP contribution in [0.5, 0.6) is 0 Å². The molecule has 1 atom stereocenters. The Balaban J connectivity index is 1.60. The molecule has 1 aromatic rings. The number of piperazine rings is 1. The number of pyridine rings is 1. The summed E-state index contributed by atoms with van der Waals surface area (Å²) in [7, 11) is 0. The van der Waals surface area contributed by atoms with Crippen LogP contribution in [0.3, 0.4) is 0 Å². The summed E-state index contributed by atoms with van der Waals surface area (Å²) in [5.74, 6) is 0. The molecule has 2 aliphatic rings. The first-order valence-electron chi connectivity index (χ1n) is 6.69. The first kappa shape index (κ1) is 11.2. The zero-order chi connectivity index (χ0) is 11.7. The summed E-state index contributed by atoms with van der Waals surface area (Å²) in [4.78, 5) is 9.61. The highest BCUT2D eigenvalue weighted by Gasteiger charge is 2.30. The van der Waals surface area contributed by atoms with Crippen molar-refractivity contribution in [3.63, 3.8) is 0 Å². The van der Waals surface area contributed by atoms with Crippen molar-refractivity contribution in [3.8, 4) is 0 Å².